The fraction of sp³-hybridized carbons (Fsp3) is 0.533. The first-order valence-corrected chi connectivity index (χ1v) is 6.92. The van der Waals surface area contributed by atoms with E-state index in [9.17, 15) is 4.79 Å². The Morgan fingerprint density at radius 3 is 2.58 bits per heavy atom. The van der Waals surface area contributed by atoms with E-state index >= 15 is 0 Å². The van der Waals surface area contributed by atoms with Crippen molar-refractivity contribution in [3.63, 3.8) is 0 Å². The molecule has 0 saturated carbocycles. The lowest BCUT2D eigenvalue weighted by Gasteiger charge is -2.28. The van der Waals surface area contributed by atoms with E-state index in [1.54, 1.807) is 0 Å². The van der Waals surface area contributed by atoms with Gasteiger partial charge in [0.15, 0.2) is 0 Å². The Morgan fingerprint density at radius 2 is 1.89 bits per heavy atom. The van der Waals surface area contributed by atoms with Crippen molar-refractivity contribution in [2.24, 2.45) is 0 Å². The van der Waals surface area contributed by atoms with Gasteiger partial charge in [0.1, 0.15) is 6.61 Å². The molecular formula is C15H19NO3. The average Bonchev–Trinajstić information content (AvgIpc) is 2.77. The second-order valence-electron chi connectivity index (χ2n) is 5.33. The van der Waals surface area contributed by atoms with Gasteiger partial charge in [-0.1, -0.05) is 30.3 Å². The summed E-state index contributed by atoms with van der Waals surface area (Å²) in [6, 6.07) is 9.92. The van der Waals surface area contributed by atoms with E-state index in [4.69, 9.17) is 9.47 Å². The maximum Gasteiger partial charge on any atom is 0.407 e. The van der Waals surface area contributed by atoms with Crippen molar-refractivity contribution in [2.75, 3.05) is 0 Å². The first-order chi connectivity index (χ1) is 9.29. The fourth-order valence-electron chi connectivity index (χ4n) is 2.91. The van der Waals surface area contributed by atoms with Crippen LogP contribution in [0.2, 0.25) is 0 Å². The zero-order chi connectivity index (χ0) is 13.1. The summed E-state index contributed by atoms with van der Waals surface area (Å²) in [5.74, 6) is 0. The largest absolute Gasteiger partial charge is 0.445 e. The Kier molecular flexibility index (Phi) is 3.69. The highest BCUT2D eigenvalue weighted by atomic mass is 16.5. The van der Waals surface area contributed by atoms with Crippen LogP contribution in [-0.2, 0) is 16.1 Å². The summed E-state index contributed by atoms with van der Waals surface area (Å²) in [7, 11) is 0. The molecule has 102 valence electrons. The van der Waals surface area contributed by atoms with Gasteiger partial charge in [0.25, 0.3) is 0 Å². The van der Waals surface area contributed by atoms with Crippen LogP contribution in [0.15, 0.2) is 30.3 Å². The third kappa shape index (κ3) is 3.26. The van der Waals surface area contributed by atoms with E-state index in [2.05, 4.69) is 5.32 Å². The van der Waals surface area contributed by atoms with Crippen LogP contribution in [0.4, 0.5) is 4.79 Å². The molecule has 1 amide bonds. The Balaban J connectivity index is 1.44. The van der Waals surface area contributed by atoms with E-state index in [1.807, 2.05) is 30.3 Å². The van der Waals surface area contributed by atoms with Crippen LogP contribution in [0.1, 0.15) is 31.2 Å². The number of carbonyl (C=O) groups excluding carboxylic acids is 1. The Labute approximate surface area is 113 Å². The van der Waals surface area contributed by atoms with E-state index < -0.39 is 0 Å². The zero-order valence-electron chi connectivity index (χ0n) is 10.9. The summed E-state index contributed by atoms with van der Waals surface area (Å²) in [6.45, 7) is 0.322. The minimum Gasteiger partial charge on any atom is -0.445 e. The molecule has 2 fully saturated rings. The van der Waals surface area contributed by atoms with Crippen LogP contribution in [0.5, 0.6) is 0 Å². The smallest absolute Gasteiger partial charge is 0.407 e. The van der Waals surface area contributed by atoms with Gasteiger partial charge in [0, 0.05) is 6.04 Å². The molecule has 4 heteroatoms. The van der Waals surface area contributed by atoms with Gasteiger partial charge in [-0.3, -0.25) is 0 Å². The molecule has 0 aliphatic carbocycles. The molecule has 1 aromatic rings. The topological polar surface area (TPSA) is 47.6 Å². The number of hydrogen-bond donors (Lipinski definition) is 1. The number of alkyl carbamates (subject to hydrolysis) is 1. The van der Waals surface area contributed by atoms with Gasteiger partial charge in [-0.2, -0.15) is 0 Å². The second kappa shape index (κ2) is 5.61. The third-order valence-electron chi connectivity index (χ3n) is 3.83. The van der Waals surface area contributed by atoms with E-state index in [1.165, 1.54) is 0 Å². The van der Waals surface area contributed by atoms with Crippen molar-refractivity contribution in [3.05, 3.63) is 35.9 Å². The van der Waals surface area contributed by atoms with E-state index in [0.29, 0.717) is 18.8 Å². The van der Waals surface area contributed by atoms with Gasteiger partial charge in [0.05, 0.1) is 12.2 Å². The normalized spacial score (nSPS) is 28.9. The third-order valence-corrected chi connectivity index (χ3v) is 3.83. The molecule has 2 unspecified atom stereocenters. The summed E-state index contributed by atoms with van der Waals surface area (Å²) in [4.78, 5) is 11.7. The summed E-state index contributed by atoms with van der Waals surface area (Å²) in [5.41, 5.74) is 1.00. The molecule has 2 aliphatic heterocycles. The molecule has 19 heavy (non-hydrogen) atoms. The lowest BCUT2D eigenvalue weighted by molar-refractivity contribution is -0.00870. The summed E-state index contributed by atoms with van der Waals surface area (Å²) < 4.78 is 11.0. The van der Waals surface area contributed by atoms with Crippen LogP contribution < -0.4 is 5.32 Å². The molecule has 2 aliphatic rings. The Bertz CT molecular complexity index is 422. The van der Waals surface area contributed by atoms with Crippen LogP contribution in [-0.4, -0.2) is 24.3 Å². The molecule has 2 saturated heterocycles. The predicted molar refractivity (Wildman–Crippen MR) is 70.7 cm³/mol. The fourth-order valence-corrected chi connectivity index (χ4v) is 2.91. The number of benzene rings is 1. The van der Waals surface area contributed by atoms with Gasteiger partial charge in [-0.25, -0.2) is 4.79 Å². The number of amides is 1. The van der Waals surface area contributed by atoms with Crippen LogP contribution in [0.3, 0.4) is 0 Å². The van der Waals surface area contributed by atoms with Crippen molar-refractivity contribution < 1.29 is 14.3 Å². The standard InChI is InChI=1S/C15H19NO3/c17-15(18-10-11-4-2-1-3-5-11)16-12-8-13-6-7-14(9-12)19-13/h1-5,12-14H,6-10H2,(H,16,17). The lowest BCUT2D eigenvalue weighted by Crippen LogP contribution is -2.42. The molecule has 2 heterocycles. The first-order valence-electron chi connectivity index (χ1n) is 6.92. The molecule has 2 atom stereocenters. The van der Waals surface area contributed by atoms with Crippen molar-refractivity contribution in [3.8, 4) is 0 Å². The SMILES string of the molecule is O=C(NC1CC2CCC(C1)O2)OCc1ccccc1. The Morgan fingerprint density at radius 1 is 1.21 bits per heavy atom. The number of nitrogens with one attached hydrogen (secondary N) is 1. The number of rotatable bonds is 3. The molecule has 0 spiro atoms. The predicted octanol–water partition coefficient (Wildman–Crippen LogP) is 2.62. The minimum atomic E-state index is -0.324. The number of hydrogen-bond acceptors (Lipinski definition) is 3. The van der Waals surface area contributed by atoms with Crippen molar-refractivity contribution in [2.45, 2.75) is 50.5 Å². The molecule has 1 aromatic carbocycles. The maximum atomic E-state index is 11.7. The molecule has 3 rings (SSSR count). The maximum absolute atomic E-state index is 11.7. The van der Waals surface area contributed by atoms with Crippen molar-refractivity contribution in [1.29, 1.82) is 0 Å². The number of ether oxygens (including phenoxy) is 2. The monoisotopic (exact) mass is 261 g/mol. The first kappa shape index (κ1) is 12.5. The van der Waals surface area contributed by atoms with Crippen molar-refractivity contribution in [1.82, 2.24) is 5.32 Å². The van der Waals surface area contributed by atoms with Gasteiger partial charge in [-0.15, -0.1) is 0 Å². The zero-order valence-corrected chi connectivity index (χ0v) is 10.9. The van der Waals surface area contributed by atoms with Gasteiger partial charge >= 0.3 is 6.09 Å². The van der Waals surface area contributed by atoms with E-state index in [0.717, 1.165) is 31.2 Å². The van der Waals surface area contributed by atoms with Crippen LogP contribution in [0.25, 0.3) is 0 Å². The number of carbonyl (C=O) groups is 1. The molecular weight excluding hydrogens is 242 g/mol. The van der Waals surface area contributed by atoms with Crippen LogP contribution >= 0.6 is 0 Å². The molecule has 0 radical (unpaired) electrons. The van der Waals surface area contributed by atoms with Gasteiger partial charge < -0.3 is 14.8 Å². The highest BCUT2D eigenvalue weighted by Gasteiger charge is 2.35. The minimum absolute atomic E-state index is 0.203. The average molecular weight is 261 g/mol. The molecule has 4 nitrogen and oxygen atoms in total. The molecule has 2 bridgehead atoms. The van der Waals surface area contributed by atoms with E-state index in [-0.39, 0.29) is 12.1 Å². The second-order valence-corrected chi connectivity index (χ2v) is 5.33. The lowest BCUT2D eigenvalue weighted by atomic mass is 10.0. The molecule has 0 aromatic heterocycles. The summed E-state index contributed by atoms with van der Waals surface area (Å²) in [6.07, 6.45) is 4.42. The molecule has 1 N–H and O–H groups in total. The summed E-state index contributed by atoms with van der Waals surface area (Å²) >= 11 is 0. The summed E-state index contributed by atoms with van der Waals surface area (Å²) in [5, 5.41) is 2.95. The highest BCUT2D eigenvalue weighted by Crippen LogP contribution is 2.32. The quantitative estimate of drug-likeness (QED) is 0.909. The Hall–Kier alpha value is -1.55. The van der Waals surface area contributed by atoms with Crippen molar-refractivity contribution >= 4 is 6.09 Å². The highest BCUT2D eigenvalue weighted by molar-refractivity contribution is 5.67. The van der Waals surface area contributed by atoms with Gasteiger partial charge in [0.2, 0.25) is 0 Å². The van der Waals surface area contributed by atoms with Gasteiger partial charge in [-0.05, 0) is 31.2 Å². The van der Waals surface area contributed by atoms with Crippen LogP contribution in [0, 0.1) is 0 Å². The number of fused-ring (bicyclic) bond motifs is 2.